The zero-order valence-corrected chi connectivity index (χ0v) is 11.2. The molecule has 0 unspecified atom stereocenters. The summed E-state index contributed by atoms with van der Waals surface area (Å²) in [5, 5.41) is 0.783. The van der Waals surface area contributed by atoms with Gasteiger partial charge in [-0.25, -0.2) is 0 Å². The van der Waals surface area contributed by atoms with Crippen LogP contribution in [0.4, 0.5) is 5.69 Å². The fraction of sp³-hybridized carbons (Fsp3) is 0.533. The van der Waals surface area contributed by atoms with Crippen molar-refractivity contribution in [2.24, 2.45) is 4.99 Å². The van der Waals surface area contributed by atoms with Crippen molar-refractivity contribution in [1.29, 1.82) is 0 Å². The largest absolute Gasteiger partial charge is 0.373 e. The molecule has 3 heteroatoms. The van der Waals surface area contributed by atoms with Crippen LogP contribution < -0.4 is 0 Å². The first-order valence-corrected chi connectivity index (χ1v) is 7.17. The quantitative estimate of drug-likeness (QED) is 0.790. The number of halogens is 1. The lowest BCUT2D eigenvalue weighted by Crippen LogP contribution is -2.08. The Morgan fingerprint density at radius 2 is 2.11 bits per heavy atom. The number of aryl methyl sites for hydroxylation is 1. The van der Waals surface area contributed by atoms with Gasteiger partial charge in [0.2, 0.25) is 0 Å². The number of fused-ring (bicyclic) bond motifs is 1. The van der Waals surface area contributed by atoms with Crippen LogP contribution in [0.2, 0.25) is 5.02 Å². The second-order valence-corrected chi connectivity index (χ2v) is 5.51. The van der Waals surface area contributed by atoms with Crippen LogP contribution in [0, 0.1) is 0 Å². The normalized spacial score (nSPS) is 19.2. The van der Waals surface area contributed by atoms with Crippen LogP contribution in [0.25, 0.3) is 0 Å². The summed E-state index contributed by atoms with van der Waals surface area (Å²) in [6.45, 7) is 0.601. The summed E-state index contributed by atoms with van der Waals surface area (Å²) >= 11 is 6.29. The van der Waals surface area contributed by atoms with Gasteiger partial charge < -0.3 is 4.74 Å². The third-order valence-electron chi connectivity index (χ3n) is 3.84. The third kappa shape index (κ3) is 2.45. The summed E-state index contributed by atoms with van der Waals surface area (Å²) in [7, 11) is 0. The van der Waals surface area contributed by atoms with E-state index >= 15 is 0 Å². The standard InChI is InChI=1S/C15H18ClNO/c16-14-8-7-11-4-3-9-17-15(11)13(14)10-18-12-5-1-2-6-12/h7-9,12H,1-6,10H2. The highest BCUT2D eigenvalue weighted by Gasteiger charge is 2.18. The first kappa shape index (κ1) is 12.2. The van der Waals surface area contributed by atoms with E-state index in [9.17, 15) is 0 Å². The second kappa shape index (κ2) is 5.41. The summed E-state index contributed by atoms with van der Waals surface area (Å²) in [5.74, 6) is 0. The zero-order chi connectivity index (χ0) is 12.4. The lowest BCUT2D eigenvalue weighted by atomic mass is 10.0. The van der Waals surface area contributed by atoms with Crippen LogP contribution in [0.3, 0.4) is 0 Å². The summed E-state index contributed by atoms with van der Waals surface area (Å²) in [5.41, 5.74) is 3.41. The van der Waals surface area contributed by atoms with Crippen molar-refractivity contribution < 1.29 is 4.74 Å². The monoisotopic (exact) mass is 263 g/mol. The van der Waals surface area contributed by atoms with Gasteiger partial charge in [-0.2, -0.15) is 0 Å². The Morgan fingerprint density at radius 3 is 2.94 bits per heavy atom. The summed E-state index contributed by atoms with van der Waals surface area (Å²) in [6.07, 6.45) is 9.46. The second-order valence-electron chi connectivity index (χ2n) is 5.10. The van der Waals surface area contributed by atoms with E-state index in [1.807, 2.05) is 12.3 Å². The van der Waals surface area contributed by atoms with Crippen molar-refractivity contribution in [2.75, 3.05) is 0 Å². The molecule has 1 aliphatic carbocycles. The Labute approximate surface area is 113 Å². The predicted octanol–water partition coefficient (Wildman–Crippen LogP) is 4.45. The first-order valence-electron chi connectivity index (χ1n) is 6.79. The molecule has 1 heterocycles. The minimum absolute atomic E-state index is 0.421. The molecule has 2 aliphatic rings. The highest BCUT2D eigenvalue weighted by Crippen LogP contribution is 2.35. The number of hydrogen-bond acceptors (Lipinski definition) is 2. The van der Waals surface area contributed by atoms with Gasteiger partial charge in [-0.15, -0.1) is 0 Å². The number of ether oxygens (including phenoxy) is 1. The average molecular weight is 264 g/mol. The Kier molecular flexibility index (Phi) is 3.67. The van der Waals surface area contributed by atoms with E-state index in [1.54, 1.807) is 0 Å². The smallest absolute Gasteiger partial charge is 0.0756 e. The van der Waals surface area contributed by atoms with Crippen LogP contribution in [-0.2, 0) is 17.8 Å². The van der Waals surface area contributed by atoms with E-state index in [0.717, 1.165) is 29.1 Å². The Morgan fingerprint density at radius 1 is 1.28 bits per heavy atom. The van der Waals surface area contributed by atoms with E-state index in [1.165, 1.54) is 31.2 Å². The number of nitrogens with zero attached hydrogens (tertiary/aromatic N) is 1. The molecule has 0 atom stereocenters. The molecule has 1 fully saturated rings. The maximum absolute atomic E-state index is 6.29. The fourth-order valence-corrected chi connectivity index (χ4v) is 3.00. The topological polar surface area (TPSA) is 21.6 Å². The van der Waals surface area contributed by atoms with E-state index in [0.29, 0.717) is 12.7 Å². The summed E-state index contributed by atoms with van der Waals surface area (Å²) in [6, 6.07) is 4.07. The van der Waals surface area contributed by atoms with Crippen LogP contribution >= 0.6 is 11.6 Å². The van der Waals surface area contributed by atoms with Gasteiger partial charge in [0.1, 0.15) is 0 Å². The molecule has 2 nitrogen and oxygen atoms in total. The molecule has 0 amide bonds. The number of aliphatic imine (C=N–C) groups is 1. The Hall–Kier alpha value is -0.860. The molecule has 0 saturated heterocycles. The summed E-state index contributed by atoms with van der Waals surface area (Å²) < 4.78 is 5.98. The minimum atomic E-state index is 0.421. The van der Waals surface area contributed by atoms with Crippen molar-refractivity contribution in [3.8, 4) is 0 Å². The predicted molar refractivity (Wildman–Crippen MR) is 75.0 cm³/mol. The molecule has 0 radical (unpaired) electrons. The van der Waals surface area contributed by atoms with Gasteiger partial charge in [0.15, 0.2) is 0 Å². The Bertz CT molecular complexity index is 464. The van der Waals surface area contributed by atoms with E-state index in [4.69, 9.17) is 16.3 Å². The number of hydrogen-bond donors (Lipinski definition) is 0. The molecule has 1 aromatic rings. The van der Waals surface area contributed by atoms with Crippen molar-refractivity contribution >= 4 is 23.5 Å². The maximum Gasteiger partial charge on any atom is 0.0756 e. The molecular weight excluding hydrogens is 246 g/mol. The first-order chi connectivity index (χ1) is 8.84. The van der Waals surface area contributed by atoms with Crippen molar-refractivity contribution in [2.45, 2.75) is 51.2 Å². The molecule has 0 spiro atoms. The van der Waals surface area contributed by atoms with Crippen LogP contribution in [0.5, 0.6) is 0 Å². The average Bonchev–Trinajstić information content (AvgIpc) is 2.91. The van der Waals surface area contributed by atoms with Crippen LogP contribution in [0.15, 0.2) is 17.1 Å². The fourth-order valence-electron chi connectivity index (χ4n) is 2.79. The maximum atomic E-state index is 6.29. The van der Waals surface area contributed by atoms with Crippen molar-refractivity contribution in [1.82, 2.24) is 0 Å². The molecular formula is C15H18ClNO. The SMILES string of the molecule is Clc1ccc2c(c1COC1CCCC1)N=CCC2. The van der Waals surface area contributed by atoms with E-state index in [-0.39, 0.29) is 0 Å². The summed E-state index contributed by atoms with van der Waals surface area (Å²) in [4.78, 5) is 4.51. The van der Waals surface area contributed by atoms with Crippen LogP contribution in [-0.4, -0.2) is 12.3 Å². The van der Waals surface area contributed by atoms with E-state index in [2.05, 4.69) is 11.1 Å². The molecule has 0 aromatic heterocycles. The highest BCUT2D eigenvalue weighted by molar-refractivity contribution is 6.31. The van der Waals surface area contributed by atoms with Crippen LogP contribution in [0.1, 0.15) is 43.2 Å². The van der Waals surface area contributed by atoms with Gasteiger partial charge >= 0.3 is 0 Å². The molecule has 1 saturated carbocycles. The third-order valence-corrected chi connectivity index (χ3v) is 4.19. The van der Waals surface area contributed by atoms with E-state index < -0.39 is 0 Å². The molecule has 18 heavy (non-hydrogen) atoms. The number of rotatable bonds is 3. The molecule has 96 valence electrons. The molecule has 1 aromatic carbocycles. The molecule has 0 bridgehead atoms. The van der Waals surface area contributed by atoms with Gasteiger partial charge in [0, 0.05) is 16.8 Å². The molecule has 3 rings (SSSR count). The zero-order valence-electron chi connectivity index (χ0n) is 10.5. The highest BCUT2D eigenvalue weighted by atomic mass is 35.5. The Balaban J connectivity index is 1.80. The van der Waals surface area contributed by atoms with Gasteiger partial charge in [-0.1, -0.05) is 30.5 Å². The minimum Gasteiger partial charge on any atom is -0.373 e. The van der Waals surface area contributed by atoms with Gasteiger partial charge in [0.25, 0.3) is 0 Å². The van der Waals surface area contributed by atoms with Gasteiger partial charge in [-0.05, 0) is 37.3 Å². The lowest BCUT2D eigenvalue weighted by Gasteiger charge is -2.17. The van der Waals surface area contributed by atoms with Gasteiger partial charge in [0.05, 0.1) is 18.4 Å². The van der Waals surface area contributed by atoms with Crippen molar-refractivity contribution in [3.05, 3.63) is 28.3 Å². The van der Waals surface area contributed by atoms with Crippen molar-refractivity contribution in [3.63, 3.8) is 0 Å². The lowest BCUT2D eigenvalue weighted by molar-refractivity contribution is 0.0459. The molecule has 1 aliphatic heterocycles. The number of benzene rings is 1. The molecule has 0 N–H and O–H groups in total. The van der Waals surface area contributed by atoms with Gasteiger partial charge in [-0.3, -0.25) is 4.99 Å².